The summed E-state index contributed by atoms with van der Waals surface area (Å²) in [7, 11) is 4.72. The van der Waals surface area contributed by atoms with Gasteiger partial charge in [-0.25, -0.2) is 9.97 Å². The van der Waals surface area contributed by atoms with E-state index in [1.807, 2.05) is 22.9 Å². The van der Waals surface area contributed by atoms with Crippen molar-refractivity contribution in [2.45, 2.75) is 18.9 Å². The first-order valence-electron chi connectivity index (χ1n) is 10.7. The number of fused-ring (bicyclic) bond motifs is 1. The third-order valence-electron chi connectivity index (χ3n) is 5.81. The summed E-state index contributed by atoms with van der Waals surface area (Å²) in [4.78, 5) is 21.2. The predicted octanol–water partition coefficient (Wildman–Crippen LogP) is 3.00. The summed E-state index contributed by atoms with van der Waals surface area (Å²) >= 11 is 1.45. The van der Waals surface area contributed by atoms with Gasteiger partial charge in [-0.3, -0.25) is 0 Å². The maximum atomic E-state index is 9.79. The van der Waals surface area contributed by atoms with Crippen molar-refractivity contribution >= 4 is 39.3 Å². The fourth-order valence-corrected chi connectivity index (χ4v) is 4.82. The fourth-order valence-electron chi connectivity index (χ4n) is 4.17. The second-order valence-corrected chi connectivity index (χ2v) is 8.56. The fraction of sp³-hybridized carbons (Fsp3) is 0.364. The van der Waals surface area contributed by atoms with Crippen LogP contribution in [-0.4, -0.2) is 70.1 Å². The van der Waals surface area contributed by atoms with Crippen LogP contribution in [0.4, 0.5) is 17.6 Å². The Labute approximate surface area is 200 Å². The topological polar surface area (TPSA) is 120 Å². The number of hydrogen-bond acceptors (Lipinski definition) is 11. The Morgan fingerprint density at radius 2 is 1.91 bits per heavy atom. The number of rotatable bonds is 8. The zero-order valence-electron chi connectivity index (χ0n) is 19.1. The molecule has 1 aliphatic heterocycles. The number of hydrogen-bond donors (Lipinski definition) is 2. The second-order valence-electron chi connectivity index (χ2n) is 7.72. The SMILES string of the molecule is COc1cc(-n2cnc(Nc3nc(N4CCCC4CO)c4ncsc4n3)c2)cc(OC)c1OC. The maximum Gasteiger partial charge on any atom is 0.231 e. The quantitative estimate of drug-likeness (QED) is 0.387. The summed E-state index contributed by atoms with van der Waals surface area (Å²) < 4.78 is 18.1. The molecule has 0 radical (unpaired) electrons. The average molecular weight is 484 g/mol. The number of anilines is 3. The first-order chi connectivity index (χ1) is 16.6. The van der Waals surface area contributed by atoms with Crippen molar-refractivity contribution in [3.8, 4) is 22.9 Å². The molecule has 2 N–H and O–H groups in total. The van der Waals surface area contributed by atoms with E-state index < -0.39 is 0 Å². The molecule has 4 aromatic rings. The Kier molecular flexibility index (Phi) is 6.07. The molecule has 1 aromatic carbocycles. The first-order valence-corrected chi connectivity index (χ1v) is 11.6. The van der Waals surface area contributed by atoms with E-state index in [1.54, 1.807) is 33.2 Å². The molecule has 0 amide bonds. The highest BCUT2D eigenvalue weighted by Gasteiger charge is 2.28. The van der Waals surface area contributed by atoms with Crippen LogP contribution in [0.15, 0.2) is 30.2 Å². The highest BCUT2D eigenvalue weighted by Crippen LogP contribution is 2.39. The highest BCUT2D eigenvalue weighted by molar-refractivity contribution is 7.16. The van der Waals surface area contributed by atoms with Gasteiger partial charge in [0, 0.05) is 18.7 Å². The van der Waals surface area contributed by atoms with E-state index in [-0.39, 0.29) is 12.6 Å². The summed E-state index contributed by atoms with van der Waals surface area (Å²) in [5.74, 6) is 3.35. The molecule has 0 spiro atoms. The van der Waals surface area contributed by atoms with E-state index in [0.29, 0.717) is 29.0 Å². The molecule has 12 heteroatoms. The van der Waals surface area contributed by atoms with Crippen LogP contribution in [-0.2, 0) is 0 Å². The van der Waals surface area contributed by atoms with E-state index >= 15 is 0 Å². The van der Waals surface area contributed by atoms with E-state index in [9.17, 15) is 5.11 Å². The molecule has 1 fully saturated rings. The zero-order chi connectivity index (χ0) is 23.7. The maximum absolute atomic E-state index is 9.79. The molecule has 1 atom stereocenters. The minimum Gasteiger partial charge on any atom is -0.493 e. The van der Waals surface area contributed by atoms with Crippen LogP contribution >= 0.6 is 11.3 Å². The van der Waals surface area contributed by atoms with Crippen LogP contribution in [0.2, 0.25) is 0 Å². The van der Waals surface area contributed by atoms with Gasteiger partial charge in [0.25, 0.3) is 0 Å². The smallest absolute Gasteiger partial charge is 0.231 e. The Morgan fingerprint density at radius 3 is 2.62 bits per heavy atom. The minimum absolute atomic E-state index is 0.0342. The molecule has 0 bridgehead atoms. The van der Waals surface area contributed by atoms with Gasteiger partial charge in [-0.1, -0.05) is 0 Å². The lowest BCUT2D eigenvalue weighted by Crippen LogP contribution is -2.33. The standard InChI is InChI=1S/C22H25N7O4S/c1-31-15-7-14(8-16(32-2)19(15)33-3)28-9-17(23-11-28)25-22-26-20(18-21(27-22)34-12-24-18)29-6-4-5-13(29)10-30/h7-9,11-13,30H,4-6,10H2,1-3H3,(H,25,26,27). The van der Waals surface area contributed by atoms with E-state index in [4.69, 9.17) is 19.2 Å². The monoisotopic (exact) mass is 483 g/mol. The summed E-state index contributed by atoms with van der Waals surface area (Å²) in [6.45, 7) is 0.904. The Balaban J connectivity index is 1.46. The van der Waals surface area contributed by atoms with Crippen molar-refractivity contribution in [3.05, 3.63) is 30.2 Å². The minimum atomic E-state index is 0.0342. The lowest BCUT2D eigenvalue weighted by Gasteiger charge is -2.24. The van der Waals surface area contributed by atoms with Gasteiger partial charge in [-0.2, -0.15) is 9.97 Å². The van der Waals surface area contributed by atoms with Gasteiger partial charge in [0.1, 0.15) is 11.8 Å². The van der Waals surface area contributed by atoms with Crippen LogP contribution in [0, 0.1) is 0 Å². The van der Waals surface area contributed by atoms with Gasteiger partial charge in [-0.05, 0) is 12.8 Å². The third kappa shape index (κ3) is 3.94. The van der Waals surface area contributed by atoms with Gasteiger partial charge in [0.15, 0.2) is 28.0 Å². The summed E-state index contributed by atoms with van der Waals surface area (Å²) in [6.07, 6.45) is 5.43. The van der Waals surface area contributed by atoms with Crippen molar-refractivity contribution in [1.82, 2.24) is 24.5 Å². The number of benzene rings is 1. The normalized spacial score (nSPS) is 15.6. The third-order valence-corrected chi connectivity index (χ3v) is 6.53. The number of aromatic nitrogens is 5. The number of nitrogens with zero attached hydrogens (tertiary/aromatic N) is 6. The van der Waals surface area contributed by atoms with Crippen molar-refractivity contribution in [3.63, 3.8) is 0 Å². The lowest BCUT2D eigenvalue weighted by molar-refractivity contribution is 0.266. The van der Waals surface area contributed by atoms with Gasteiger partial charge in [-0.15, -0.1) is 11.3 Å². The molecular weight excluding hydrogens is 458 g/mol. The molecular formula is C22H25N7O4S. The van der Waals surface area contributed by atoms with Gasteiger partial charge in [0.05, 0.1) is 51.4 Å². The van der Waals surface area contributed by atoms with Crippen LogP contribution in [0.5, 0.6) is 17.2 Å². The predicted molar refractivity (Wildman–Crippen MR) is 129 cm³/mol. The van der Waals surface area contributed by atoms with Gasteiger partial charge in [0.2, 0.25) is 11.7 Å². The summed E-state index contributed by atoms with van der Waals surface area (Å²) in [5, 5.41) is 13.0. The van der Waals surface area contributed by atoms with Crippen LogP contribution in [0.3, 0.4) is 0 Å². The number of imidazole rings is 1. The van der Waals surface area contributed by atoms with Gasteiger partial charge < -0.3 is 34.1 Å². The highest BCUT2D eigenvalue weighted by atomic mass is 32.1. The summed E-state index contributed by atoms with van der Waals surface area (Å²) in [6, 6.07) is 3.72. The number of aliphatic hydroxyl groups excluding tert-OH is 1. The Hall–Kier alpha value is -3.64. The largest absolute Gasteiger partial charge is 0.493 e. The molecule has 11 nitrogen and oxygen atoms in total. The van der Waals surface area contributed by atoms with Gasteiger partial charge >= 0.3 is 0 Å². The first kappa shape index (κ1) is 22.2. The van der Waals surface area contributed by atoms with Crippen LogP contribution in [0.1, 0.15) is 12.8 Å². The van der Waals surface area contributed by atoms with Crippen molar-refractivity contribution < 1.29 is 19.3 Å². The Morgan fingerprint density at radius 1 is 1.12 bits per heavy atom. The van der Waals surface area contributed by atoms with E-state index in [2.05, 4.69) is 25.2 Å². The molecule has 0 aliphatic carbocycles. The number of methoxy groups -OCH3 is 3. The molecule has 3 aromatic heterocycles. The van der Waals surface area contributed by atoms with Crippen molar-refractivity contribution in [2.24, 2.45) is 0 Å². The van der Waals surface area contributed by atoms with E-state index in [1.165, 1.54) is 11.3 Å². The average Bonchev–Trinajstić information content (AvgIpc) is 3.63. The molecule has 1 aliphatic rings. The molecule has 4 heterocycles. The van der Waals surface area contributed by atoms with Crippen LogP contribution in [0.25, 0.3) is 16.0 Å². The summed E-state index contributed by atoms with van der Waals surface area (Å²) in [5.41, 5.74) is 3.30. The lowest BCUT2D eigenvalue weighted by atomic mass is 10.2. The number of thiazole rings is 1. The number of aliphatic hydroxyl groups is 1. The van der Waals surface area contributed by atoms with E-state index in [0.717, 1.165) is 41.2 Å². The molecule has 0 saturated carbocycles. The van der Waals surface area contributed by atoms with Crippen LogP contribution < -0.4 is 24.4 Å². The molecule has 1 unspecified atom stereocenters. The molecule has 5 rings (SSSR count). The molecule has 1 saturated heterocycles. The van der Waals surface area contributed by atoms with Crippen molar-refractivity contribution in [2.75, 3.05) is 44.7 Å². The second kappa shape index (κ2) is 9.31. The number of nitrogens with one attached hydrogen (secondary N) is 1. The molecule has 178 valence electrons. The Bertz CT molecular complexity index is 1280. The van der Waals surface area contributed by atoms with Crippen molar-refractivity contribution in [1.29, 1.82) is 0 Å². The zero-order valence-corrected chi connectivity index (χ0v) is 19.9. The molecule has 34 heavy (non-hydrogen) atoms. The number of ether oxygens (including phenoxy) is 3.